The minimum Gasteiger partial charge on any atom is -0.409 e. The van der Waals surface area contributed by atoms with Crippen LogP contribution >= 0.6 is 0 Å². The lowest BCUT2D eigenvalue weighted by molar-refractivity contribution is -0.135. The summed E-state index contributed by atoms with van der Waals surface area (Å²) in [4.78, 5) is 14.1. The van der Waals surface area contributed by atoms with Crippen LogP contribution in [0.4, 0.5) is 0 Å². The molecule has 0 atom stereocenters. The molecule has 3 N–H and O–H groups in total. The number of rotatable bonds is 3. The first-order chi connectivity index (χ1) is 7.62. The van der Waals surface area contributed by atoms with Gasteiger partial charge in [-0.1, -0.05) is 18.0 Å². The number of amidine groups is 1. The van der Waals surface area contributed by atoms with Crippen LogP contribution in [0.15, 0.2) is 5.16 Å². The molecular formula is C11H19N3O2. The molecule has 0 aromatic heterocycles. The summed E-state index contributed by atoms with van der Waals surface area (Å²) in [5.74, 6) is 0.0945. The second kappa shape index (κ2) is 3.96. The smallest absolute Gasteiger partial charge is 0.236 e. The van der Waals surface area contributed by atoms with Crippen LogP contribution in [0.1, 0.15) is 38.5 Å². The molecule has 0 unspecified atom stereocenters. The van der Waals surface area contributed by atoms with Crippen LogP contribution in [0, 0.1) is 5.41 Å². The van der Waals surface area contributed by atoms with Crippen molar-refractivity contribution < 1.29 is 10.0 Å². The van der Waals surface area contributed by atoms with E-state index in [2.05, 4.69) is 5.16 Å². The highest BCUT2D eigenvalue weighted by Crippen LogP contribution is 2.48. The Balaban J connectivity index is 2.07. The van der Waals surface area contributed by atoms with Gasteiger partial charge in [0.15, 0.2) is 5.84 Å². The Bertz CT molecular complexity index is 317. The largest absolute Gasteiger partial charge is 0.409 e. The van der Waals surface area contributed by atoms with E-state index in [1.54, 1.807) is 4.90 Å². The molecule has 5 nitrogen and oxygen atoms in total. The molecule has 0 bridgehead atoms. The topological polar surface area (TPSA) is 78.9 Å². The molecule has 0 aromatic carbocycles. The maximum atomic E-state index is 12.3. The molecule has 0 saturated heterocycles. The molecule has 90 valence electrons. The van der Waals surface area contributed by atoms with Gasteiger partial charge in [0.2, 0.25) is 5.91 Å². The first kappa shape index (κ1) is 11.2. The van der Waals surface area contributed by atoms with Crippen molar-refractivity contribution in [3.05, 3.63) is 0 Å². The number of hydrogen-bond acceptors (Lipinski definition) is 3. The lowest BCUT2D eigenvalue weighted by Gasteiger charge is -2.28. The fraction of sp³-hybridized carbons (Fsp3) is 0.818. The molecular weight excluding hydrogens is 206 g/mol. The highest BCUT2D eigenvalue weighted by Gasteiger charge is 2.56. The Morgan fingerprint density at radius 1 is 1.44 bits per heavy atom. The first-order valence-corrected chi connectivity index (χ1v) is 5.87. The van der Waals surface area contributed by atoms with E-state index in [9.17, 15) is 4.79 Å². The molecule has 5 heteroatoms. The van der Waals surface area contributed by atoms with Crippen molar-refractivity contribution in [2.75, 3.05) is 7.05 Å². The quantitative estimate of drug-likeness (QED) is 0.324. The fourth-order valence-electron chi connectivity index (χ4n) is 2.60. The molecule has 2 aliphatic carbocycles. The van der Waals surface area contributed by atoms with Gasteiger partial charge in [0.1, 0.15) is 5.41 Å². The second-order valence-corrected chi connectivity index (χ2v) is 4.92. The van der Waals surface area contributed by atoms with E-state index in [0.717, 1.165) is 12.8 Å². The van der Waals surface area contributed by atoms with Crippen molar-refractivity contribution in [2.45, 2.75) is 44.6 Å². The summed E-state index contributed by atoms with van der Waals surface area (Å²) in [5.41, 5.74) is 4.91. The van der Waals surface area contributed by atoms with E-state index in [1.165, 1.54) is 12.8 Å². The Morgan fingerprint density at radius 3 is 2.44 bits per heavy atom. The van der Waals surface area contributed by atoms with Gasteiger partial charge in [0.25, 0.3) is 0 Å². The van der Waals surface area contributed by atoms with Gasteiger partial charge in [0, 0.05) is 13.1 Å². The third-order valence-corrected chi connectivity index (χ3v) is 3.95. The standard InChI is InChI=1S/C11H19N3O2/c1-14(8-4-2-3-5-8)10(15)11(6-7-11)9(12)13-16/h8,16H,2-7H2,1H3,(H2,12,13). The zero-order valence-electron chi connectivity index (χ0n) is 9.65. The minimum atomic E-state index is -0.688. The summed E-state index contributed by atoms with van der Waals surface area (Å²) in [6.07, 6.45) is 5.96. The van der Waals surface area contributed by atoms with Crippen molar-refractivity contribution >= 4 is 11.7 Å². The highest BCUT2D eigenvalue weighted by atomic mass is 16.4. The van der Waals surface area contributed by atoms with Crippen LogP contribution in [-0.4, -0.2) is 34.9 Å². The van der Waals surface area contributed by atoms with E-state index in [-0.39, 0.29) is 11.7 Å². The molecule has 0 spiro atoms. The van der Waals surface area contributed by atoms with Crippen LogP contribution in [0.2, 0.25) is 0 Å². The van der Waals surface area contributed by atoms with Crippen molar-refractivity contribution in [1.82, 2.24) is 4.90 Å². The van der Waals surface area contributed by atoms with Crippen LogP contribution in [-0.2, 0) is 4.79 Å². The van der Waals surface area contributed by atoms with E-state index < -0.39 is 5.41 Å². The average molecular weight is 225 g/mol. The summed E-state index contributed by atoms with van der Waals surface area (Å²) in [6, 6.07) is 0.344. The van der Waals surface area contributed by atoms with E-state index in [0.29, 0.717) is 18.9 Å². The van der Waals surface area contributed by atoms with Gasteiger partial charge in [-0.2, -0.15) is 0 Å². The van der Waals surface area contributed by atoms with Crippen LogP contribution in [0.5, 0.6) is 0 Å². The van der Waals surface area contributed by atoms with Gasteiger partial charge < -0.3 is 15.8 Å². The van der Waals surface area contributed by atoms with Crippen LogP contribution < -0.4 is 5.73 Å². The third-order valence-electron chi connectivity index (χ3n) is 3.95. The summed E-state index contributed by atoms with van der Waals surface area (Å²) in [7, 11) is 1.84. The Morgan fingerprint density at radius 2 is 2.00 bits per heavy atom. The summed E-state index contributed by atoms with van der Waals surface area (Å²) >= 11 is 0. The van der Waals surface area contributed by atoms with Gasteiger partial charge in [-0.3, -0.25) is 4.79 Å². The van der Waals surface area contributed by atoms with Crippen molar-refractivity contribution in [3.8, 4) is 0 Å². The second-order valence-electron chi connectivity index (χ2n) is 4.92. The highest BCUT2D eigenvalue weighted by molar-refractivity contribution is 6.09. The molecule has 2 fully saturated rings. The lowest BCUT2D eigenvalue weighted by Crippen LogP contribution is -2.45. The predicted molar refractivity (Wildman–Crippen MR) is 60.1 cm³/mol. The first-order valence-electron chi connectivity index (χ1n) is 5.87. The van der Waals surface area contributed by atoms with Gasteiger partial charge in [-0.15, -0.1) is 0 Å². The number of nitrogens with two attached hydrogens (primary N) is 1. The molecule has 0 heterocycles. The number of nitrogens with zero attached hydrogens (tertiary/aromatic N) is 2. The molecule has 1 amide bonds. The van der Waals surface area contributed by atoms with Crippen LogP contribution in [0.3, 0.4) is 0 Å². The van der Waals surface area contributed by atoms with Crippen molar-refractivity contribution in [1.29, 1.82) is 0 Å². The number of carbonyl (C=O) groups is 1. The minimum absolute atomic E-state index is 0.0229. The summed E-state index contributed by atoms with van der Waals surface area (Å²) in [5, 5.41) is 11.7. The monoisotopic (exact) mass is 225 g/mol. The molecule has 0 aromatic rings. The molecule has 16 heavy (non-hydrogen) atoms. The third kappa shape index (κ3) is 1.64. The van der Waals surface area contributed by atoms with Crippen molar-refractivity contribution in [2.24, 2.45) is 16.3 Å². The Labute approximate surface area is 95.3 Å². The van der Waals surface area contributed by atoms with Gasteiger partial charge >= 0.3 is 0 Å². The molecule has 2 aliphatic rings. The SMILES string of the molecule is CN(C(=O)C1(C(N)=NO)CC1)C1CCCC1. The lowest BCUT2D eigenvalue weighted by atomic mass is 10.0. The normalized spacial score (nSPS) is 24.4. The van der Waals surface area contributed by atoms with Crippen molar-refractivity contribution in [3.63, 3.8) is 0 Å². The molecule has 0 aliphatic heterocycles. The number of amides is 1. The number of oxime groups is 1. The van der Waals surface area contributed by atoms with E-state index in [4.69, 9.17) is 10.9 Å². The zero-order chi connectivity index (χ0) is 11.8. The Hall–Kier alpha value is -1.26. The summed E-state index contributed by atoms with van der Waals surface area (Å²) < 4.78 is 0. The molecule has 2 rings (SSSR count). The fourth-order valence-corrected chi connectivity index (χ4v) is 2.60. The maximum Gasteiger partial charge on any atom is 0.236 e. The van der Waals surface area contributed by atoms with E-state index in [1.807, 2.05) is 7.05 Å². The van der Waals surface area contributed by atoms with Gasteiger partial charge in [-0.05, 0) is 25.7 Å². The van der Waals surface area contributed by atoms with E-state index >= 15 is 0 Å². The van der Waals surface area contributed by atoms with Gasteiger partial charge in [-0.25, -0.2) is 0 Å². The summed E-state index contributed by atoms with van der Waals surface area (Å²) in [6.45, 7) is 0. The molecule has 0 radical (unpaired) electrons. The number of carbonyl (C=O) groups excluding carboxylic acids is 1. The maximum absolute atomic E-state index is 12.3. The Kier molecular flexibility index (Phi) is 2.78. The average Bonchev–Trinajstić information content (AvgIpc) is 2.94. The van der Waals surface area contributed by atoms with Crippen LogP contribution in [0.25, 0.3) is 0 Å². The predicted octanol–water partition coefficient (Wildman–Crippen LogP) is 0.914. The number of hydrogen-bond donors (Lipinski definition) is 2. The zero-order valence-corrected chi connectivity index (χ0v) is 9.65. The molecule has 2 saturated carbocycles. The van der Waals surface area contributed by atoms with Gasteiger partial charge in [0.05, 0.1) is 0 Å².